The van der Waals surface area contributed by atoms with Crippen LogP contribution in [0.3, 0.4) is 0 Å². The van der Waals surface area contributed by atoms with E-state index in [1.54, 1.807) is 16.4 Å². The van der Waals surface area contributed by atoms with Gasteiger partial charge in [0.15, 0.2) is 0 Å². The minimum atomic E-state index is -3.43. The van der Waals surface area contributed by atoms with Gasteiger partial charge in [0.1, 0.15) is 0 Å². The largest absolute Gasteiger partial charge is 0.243 e. The molecule has 0 bridgehead atoms. The van der Waals surface area contributed by atoms with Crippen LogP contribution in [0, 0.1) is 6.92 Å². The van der Waals surface area contributed by atoms with E-state index in [4.69, 9.17) is 0 Å². The molecule has 0 radical (unpaired) electrons. The number of benzene rings is 2. The molecule has 2 aromatic rings. The van der Waals surface area contributed by atoms with E-state index in [9.17, 15) is 8.42 Å². The minimum Gasteiger partial charge on any atom is -0.207 e. The van der Waals surface area contributed by atoms with Gasteiger partial charge in [-0.25, -0.2) is 8.42 Å². The van der Waals surface area contributed by atoms with Crippen molar-refractivity contribution in [1.29, 1.82) is 0 Å². The fourth-order valence-corrected chi connectivity index (χ4v) is 4.35. The summed E-state index contributed by atoms with van der Waals surface area (Å²) in [5.74, 6) is 0. The summed E-state index contributed by atoms with van der Waals surface area (Å²) in [5, 5.41) is 0. The maximum atomic E-state index is 12.9. The highest BCUT2D eigenvalue weighted by Crippen LogP contribution is 2.24. The highest BCUT2D eigenvalue weighted by Gasteiger charge is 2.25. The van der Waals surface area contributed by atoms with Crippen LogP contribution in [-0.4, -0.2) is 19.3 Å². The van der Waals surface area contributed by atoms with Crippen molar-refractivity contribution in [3.05, 3.63) is 65.2 Å². The first-order chi connectivity index (χ1) is 10.6. The van der Waals surface area contributed by atoms with Crippen LogP contribution in [0.1, 0.15) is 29.5 Å². The summed E-state index contributed by atoms with van der Waals surface area (Å²) < 4.78 is 27.4. The molecule has 4 heteroatoms. The Balaban J connectivity index is 1.95. The standard InChI is InChI=1S/C18H21NO2S/c1-15-9-11-18(12-10-15)22(20,21)19-13-5-4-7-16-6-2-3-8-17(16)14-19/h2-3,6,8-12H,4-5,7,13-14H2,1H3. The fourth-order valence-electron chi connectivity index (χ4n) is 2.89. The average Bonchev–Trinajstić information content (AvgIpc) is 2.48. The van der Waals surface area contributed by atoms with Gasteiger partial charge < -0.3 is 0 Å². The summed E-state index contributed by atoms with van der Waals surface area (Å²) in [6.45, 7) is 3.01. The van der Waals surface area contributed by atoms with Gasteiger partial charge in [-0.2, -0.15) is 4.31 Å². The lowest BCUT2D eigenvalue weighted by Gasteiger charge is -2.25. The number of fused-ring (bicyclic) bond motifs is 1. The predicted octanol–water partition coefficient (Wildman–Crippen LogP) is 3.52. The molecule has 0 aliphatic carbocycles. The Bertz CT molecular complexity index is 751. The van der Waals surface area contributed by atoms with Crippen molar-refractivity contribution in [2.75, 3.05) is 6.54 Å². The van der Waals surface area contributed by atoms with E-state index in [1.165, 1.54) is 5.56 Å². The van der Waals surface area contributed by atoms with Gasteiger partial charge in [-0.15, -0.1) is 0 Å². The van der Waals surface area contributed by atoms with Crippen LogP contribution in [0.15, 0.2) is 53.4 Å². The Hall–Kier alpha value is -1.65. The first kappa shape index (κ1) is 15.3. The summed E-state index contributed by atoms with van der Waals surface area (Å²) in [6.07, 6.45) is 2.96. The second-order valence-corrected chi connectivity index (χ2v) is 7.82. The van der Waals surface area contributed by atoms with Gasteiger partial charge in [-0.3, -0.25) is 0 Å². The fraction of sp³-hybridized carbons (Fsp3) is 0.333. The number of nitrogens with zero attached hydrogens (tertiary/aromatic N) is 1. The molecule has 0 N–H and O–H groups in total. The molecule has 0 unspecified atom stereocenters. The van der Waals surface area contributed by atoms with Crippen LogP contribution in [0.4, 0.5) is 0 Å². The van der Waals surface area contributed by atoms with Crippen molar-refractivity contribution in [3.63, 3.8) is 0 Å². The molecule has 0 amide bonds. The number of hydrogen-bond donors (Lipinski definition) is 0. The monoisotopic (exact) mass is 315 g/mol. The molecular formula is C18H21NO2S. The Morgan fingerprint density at radius 3 is 2.32 bits per heavy atom. The number of hydrogen-bond acceptors (Lipinski definition) is 2. The normalized spacial score (nSPS) is 16.6. The highest BCUT2D eigenvalue weighted by atomic mass is 32.2. The van der Waals surface area contributed by atoms with Gasteiger partial charge in [0.05, 0.1) is 4.90 Å². The molecule has 1 aliphatic rings. The van der Waals surface area contributed by atoms with E-state index < -0.39 is 10.0 Å². The summed E-state index contributed by atoms with van der Waals surface area (Å²) >= 11 is 0. The first-order valence-corrected chi connectivity index (χ1v) is 9.15. The molecule has 0 aromatic heterocycles. The molecule has 22 heavy (non-hydrogen) atoms. The summed E-state index contributed by atoms with van der Waals surface area (Å²) in [4.78, 5) is 0.385. The molecule has 0 saturated carbocycles. The van der Waals surface area contributed by atoms with Crippen LogP contribution < -0.4 is 0 Å². The van der Waals surface area contributed by atoms with Crippen LogP contribution in [-0.2, 0) is 23.0 Å². The molecule has 3 nitrogen and oxygen atoms in total. The van der Waals surface area contributed by atoms with Crippen LogP contribution in [0.2, 0.25) is 0 Å². The van der Waals surface area contributed by atoms with Crippen molar-refractivity contribution < 1.29 is 8.42 Å². The van der Waals surface area contributed by atoms with Gasteiger partial charge >= 0.3 is 0 Å². The summed E-state index contributed by atoms with van der Waals surface area (Å²) in [6, 6.07) is 15.3. The molecule has 3 rings (SSSR count). The zero-order valence-corrected chi connectivity index (χ0v) is 13.6. The zero-order valence-electron chi connectivity index (χ0n) is 12.8. The van der Waals surface area contributed by atoms with Crippen LogP contribution >= 0.6 is 0 Å². The molecule has 0 saturated heterocycles. The van der Waals surface area contributed by atoms with Crippen molar-refractivity contribution in [2.24, 2.45) is 0 Å². The van der Waals surface area contributed by atoms with Gasteiger partial charge in [0.2, 0.25) is 10.0 Å². The van der Waals surface area contributed by atoms with Crippen LogP contribution in [0.5, 0.6) is 0 Å². The van der Waals surface area contributed by atoms with E-state index in [1.807, 2.05) is 37.3 Å². The molecule has 0 fully saturated rings. The Morgan fingerprint density at radius 1 is 0.909 bits per heavy atom. The lowest BCUT2D eigenvalue weighted by Crippen LogP contribution is -2.33. The van der Waals surface area contributed by atoms with Crippen LogP contribution in [0.25, 0.3) is 0 Å². The molecule has 1 aliphatic heterocycles. The van der Waals surface area contributed by atoms with E-state index in [-0.39, 0.29) is 0 Å². The lowest BCUT2D eigenvalue weighted by molar-refractivity contribution is 0.386. The van der Waals surface area contributed by atoms with Crippen molar-refractivity contribution in [1.82, 2.24) is 4.31 Å². The Labute approximate surface area is 132 Å². The van der Waals surface area contributed by atoms with Crippen molar-refractivity contribution in [3.8, 4) is 0 Å². The third-order valence-corrected chi connectivity index (χ3v) is 6.09. The Morgan fingerprint density at radius 2 is 1.59 bits per heavy atom. The molecular weight excluding hydrogens is 294 g/mol. The maximum Gasteiger partial charge on any atom is 0.243 e. The topological polar surface area (TPSA) is 37.4 Å². The maximum absolute atomic E-state index is 12.9. The van der Waals surface area contributed by atoms with Crippen molar-refractivity contribution in [2.45, 2.75) is 37.6 Å². The summed E-state index contributed by atoms with van der Waals surface area (Å²) in [5.41, 5.74) is 3.46. The second kappa shape index (κ2) is 6.23. The molecule has 1 heterocycles. The molecule has 0 spiro atoms. The molecule has 116 valence electrons. The van der Waals surface area contributed by atoms with Gasteiger partial charge in [0.25, 0.3) is 0 Å². The highest BCUT2D eigenvalue weighted by molar-refractivity contribution is 7.89. The smallest absolute Gasteiger partial charge is 0.207 e. The van der Waals surface area contributed by atoms with E-state index in [2.05, 4.69) is 6.07 Å². The zero-order chi connectivity index (χ0) is 15.6. The Kier molecular flexibility index (Phi) is 4.32. The van der Waals surface area contributed by atoms with Gasteiger partial charge in [-0.05, 0) is 49.4 Å². The number of sulfonamides is 1. The van der Waals surface area contributed by atoms with Gasteiger partial charge in [-0.1, -0.05) is 42.0 Å². The first-order valence-electron chi connectivity index (χ1n) is 7.71. The number of rotatable bonds is 2. The number of aryl methyl sites for hydroxylation is 2. The van der Waals surface area contributed by atoms with E-state index in [0.717, 1.165) is 30.4 Å². The lowest BCUT2D eigenvalue weighted by atomic mass is 10.0. The molecule has 0 atom stereocenters. The average molecular weight is 315 g/mol. The minimum absolute atomic E-state index is 0.385. The van der Waals surface area contributed by atoms with E-state index >= 15 is 0 Å². The molecule has 2 aromatic carbocycles. The SMILES string of the molecule is Cc1ccc(S(=O)(=O)N2CCCCc3ccccc3C2)cc1. The summed E-state index contributed by atoms with van der Waals surface area (Å²) in [7, 11) is -3.43. The van der Waals surface area contributed by atoms with Gasteiger partial charge in [0, 0.05) is 13.1 Å². The quantitative estimate of drug-likeness (QED) is 0.850. The second-order valence-electron chi connectivity index (χ2n) is 5.88. The van der Waals surface area contributed by atoms with Crippen molar-refractivity contribution >= 4 is 10.0 Å². The predicted molar refractivity (Wildman–Crippen MR) is 88.2 cm³/mol. The third kappa shape index (κ3) is 3.08. The van der Waals surface area contributed by atoms with E-state index in [0.29, 0.717) is 18.0 Å². The third-order valence-electron chi connectivity index (χ3n) is 4.23.